The third-order valence-corrected chi connectivity index (χ3v) is 5.02. The molecule has 0 aromatic heterocycles. The minimum absolute atomic E-state index is 0.252. The van der Waals surface area contributed by atoms with Crippen molar-refractivity contribution in [1.29, 1.82) is 0 Å². The van der Waals surface area contributed by atoms with Crippen molar-refractivity contribution in [2.45, 2.75) is 52.2 Å². The Morgan fingerprint density at radius 3 is 2.11 bits per heavy atom. The van der Waals surface area contributed by atoms with E-state index >= 15 is 0 Å². The van der Waals surface area contributed by atoms with Crippen LogP contribution in [0.25, 0.3) is 0 Å². The summed E-state index contributed by atoms with van der Waals surface area (Å²) in [5.74, 6) is 1.73. The number of hydrogen-bond donors (Lipinski definition) is 2. The van der Waals surface area contributed by atoms with Crippen LogP contribution in [0.2, 0.25) is 0 Å². The molecule has 0 aliphatic carbocycles. The summed E-state index contributed by atoms with van der Waals surface area (Å²) in [6, 6.07) is 9.65. The summed E-state index contributed by atoms with van der Waals surface area (Å²) in [5, 5.41) is 6.90. The highest BCUT2D eigenvalue weighted by Crippen LogP contribution is 2.20. The van der Waals surface area contributed by atoms with Gasteiger partial charge < -0.3 is 20.3 Å². The Kier molecular flexibility index (Phi) is 10.9. The summed E-state index contributed by atoms with van der Waals surface area (Å²) >= 11 is 0. The first kappa shape index (κ1) is 24.2. The average molecular weight is 392 g/mol. The van der Waals surface area contributed by atoms with Crippen molar-refractivity contribution in [2.24, 2.45) is 4.99 Å². The van der Waals surface area contributed by atoms with Crippen molar-refractivity contribution in [3.63, 3.8) is 0 Å². The van der Waals surface area contributed by atoms with Crippen LogP contribution >= 0.6 is 0 Å². The average Bonchev–Trinajstić information content (AvgIpc) is 2.65. The van der Waals surface area contributed by atoms with E-state index in [0.29, 0.717) is 12.1 Å². The number of ether oxygens (including phenoxy) is 1. The summed E-state index contributed by atoms with van der Waals surface area (Å²) in [6.07, 6.45) is 1.09. The number of nitrogens with zero attached hydrogens (tertiary/aromatic N) is 3. The molecule has 0 spiro atoms. The number of guanidine groups is 1. The van der Waals surface area contributed by atoms with Crippen LogP contribution in [0.3, 0.4) is 0 Å². The van der Waals surface area contributed by atoms with Crippen molar-refractivity contribution in [3.05, 3.63) is 29.8 Å². The number of nitrogens with one attached hydrogen (secondary N) is 2. The van der Waals surface area contributed by atoms with E-state index in [-0.39, 0.29) is 6.04 Å². The molecule has 1 aromatic carbocycles. The molecule has 0 bridgehead atoms. The van der Waals surface area contributed by atoms with Crippen LogP contribution in [0.5, 0.6) is 5.75 Å². The fraction of sp³-hybridized carbons (Fsp3) is 0.682. The van der Waals surface area contributed by atoms with Crippen LogP contribution in [-0.4, -0.2) is 75.7 Å². The Balaban J connectivity index is 2.52. The second-order valence-corrected chi connectivity index (χ2v) is 7.91. The molecule has 0 saturated carbocycles. The molecule has 1 unspecified atom stereocenters. The summed E-state index contributed by atoms with van der Waals surface area (Å²) in [4.78, 5) is 9.10. The van der Waals surface area contributed by atoms with E-state index < -0.39 is 0 Å². The molecule has 6 nitrogen and oxygen atoms in total. The van der Waals surface area contributed by atoms with Gasteiger partial charge in [-0.05, 0) is 65.9 Å². The first-order chi connectivity index (χ1) is 13.3. The smallest absolute Gasteiger partial charge is 0.191 e. The van der Waals surface area contributed by atoms with Gasteiger partial charge in [0.25, 0.3) is 0 Å². The van der Waals surface area contributed by atoms with Crippen LogP contribution in [-0.2, 0) is 0 Å². The van der Waals surface area contributed by atoms with Gasteiger partial charge in [-0.3, -0.25) is 9.89 Å². The van der Waals surface area contributed by atoms with E-state index in [9.17, 15) is 0 Å². The highest BCUT2D eigenvalue weighted by atomic mass is 16.5. The van der Waals surface area contributed by atoms with Gasteiger partial charge in [-0.15, -0.1) is 0 Å². The number of likely N-dealkylation sites (N-methyl/N-ethyl adjacent to an activating group) is 1. The Labute approximate surface area is 172 Å². The van der Waals surface area contributed by atoms with E-state index in [2.05, 4.69) is 79.3 Å². The lowest BCUT2D eigenvalue weighted by molar-refractivity contribution is 0.173. The predicted molar refractivity (Wildman–Crippen MR) is 120 cm³/mol. The van der Waals surface area contributed by atoms with Crippen LogP contribution < -0.4 is 15.4 Å². The van der Waals surface area contributed by atoms with Gasteiger partial charge in [-0.2, -0.15) is 0 Å². The van der Waals surface area contributed by atoms with E-state index in [1.165, 1.54) is 5.56 Å². The molecule has 0 amide bonds. The number of rotatable bonds is 11. The maximum absolute atomic E-state index is 5.26. The van der Waals surface area contributed by atoms with Crippen LogP contribution in [0.15, 0.2) is 29.3 Å². The van der Waals surface area contributed by atoms with Crippen molar-refractivity contribution >= 4 is 5.96 Å². The Morgan fingerprint density at radius 1 is 1.04 bits per heavy atom. The zero-order chi connectivity index (χ0) is 21.1. The molecule has 1 rings (SSSR count). The summed E-state index contributed by atoms with van der Waals surface area (Å²) < 4.78 is 5.26. The Hall–Kier alpha value is -1.79. The Morgan fingerprint density at radius 2 is 1.64 bits per heavy atom. The van der Waals surface area contributed by atoms with Gasteiger partial charge >= 0.3 is 0 Å². The molecule has 0 fully saturated rings. The van der Waals surface area contributed by atoms with Crippen molar-refractivity contribution < 1.29 is 4.74 Å². The number of methoxy groups -OCH3 is 1. The number of hydrogen-bond acceptors (Lipinski definition) is 4. The standard InChI is InChI=1S/C22H41N5O/c1-17(2)27(18(3)4)15-9-14-24-22(23-5)25-16-21(26(6)7)19-10-12-20(28-8)13-11-19/h10-13,17-18,21H,9,14-16H2,1-8H3,(H2,23,24,25). The lowest BCUT2D eigenvalue weighted by Crippen LogP contribution is -2.43. The van der Waals surface area contributed by atoms with Gasteiger partial charge in [0.1, 0.15) is 5.75 Å². The number of benzene rings is 1. The van der Waals surface area contributed by atoms with Gasteiger partial charge in [0.05, 0.1) is 13.2 Å². The third-order valence-electron chi connectivity index (χ3n) is 5.02. The first-order valence-electron chi connectivity index (χ1n) is 10.3. The molecule has 6 heteroatoms. The number of aliphatic imine (C=N–C) groups is 1. The van der Waals surface area contributed by atoms with Crippen LogP contribution in [0.4, 0.5) is 0 Å². The predicted octanol–water partition coefficient (Wildman–Crippen LogP) is 2.97. The minimum Gasteiger partial charge on any atom is -0.497 e. The lowest BCUT2D eigenvalue weighted by Gasteiger charge is -2.30. The van der Waals surface area contributed by atoms with Crippen LogP contribution in [0, 0.1) is 0 Å². The minimum atomic E-state index is 0.252. The molecule has 0 radical (unpaired) electrons. The largest absolute Gasteiger partial charge is 0.497 e. The summed E-state index contributed by atoms with van der Waals surface area (Å²) in [5.41, 5.74) is 1.25. The van der Waals surface area contributed by atoms with Crippen molar-refractivity contribution in [2.75, 3.05) is 47.9 Å². The second-order valence-electron chi connectivity index (χ2n) is 7.91. The summed E-state index contributed by atoms with van der Waals surface area (Å²) in [6.45, 7) is 11.8. The van der Waals surface area contributed by atoms with Gasteiger partial charge in [0, 0.05) is 38.8 Å². The summed E-state index contributed by atoms with van der Waals surface area (Å²) in [7, 11) is 7.71. The van der Waals surface area contributed by atoms with Gasteiger partial charge in [0.2, 0.25) is 0 Å². The molecule has 0 heterocycles. The molecule has 160 valence electrons. The fourth-order valence-corrected chi connectivity index (χ4v) is 3.42. The van der Waals surface area contributed by atoms with Gasteiger partial charge in [0.15, 0.2) is 5.96 Å². The highest BCUT2D eigenvalue weighted by Gasteiger charge is 2.15. The molecular formula is C22H41N5O. The molecule has 2 N–H and O–H groups in total. The maximum atomic E-state index is 5.26. The molecule has 0 aliphatic rings. The Bertz CT molecular complexity index is 561. The SMILES string of the molecule is CN=C(NCCCN(C(C)C)C(C)C)NCC(c1ccc(OC)cc1)N(C)C. The molecule has 1 aromatic rings. The van der Waals surface area contributed by atoms with Gasteiger partial charge in [-0.1, -0.05) is 12.1 Å². The van der Waals surface area contributed by atoms with E-state index in [1.54, 1.807) is 7.11 Å². The van der Waals surface area contributed by atoms with E-state index in [4.69, 9.17) is 4.74 Å². The molecule has 1 atom stereocenters. The molecular weight excluding hydrogens is 350 g/mol. The van der Waals surface area contributed by atoms with Gasteiger partial charge in [-0.25, -0.2) is 0 Å². The fourth-order valence-electron chi connectivity index (χ4n) is 3.42. The quantitative estimate of drug-likeness (QED) is 0.345. The van der Waals surface area contributed by atoms with E-state index in [0.717, 1.165) is 37.8 Å². The molecule has 0 aliphatic heterocycles. The maximum Gasteiger partial charge on any atom is 0.191 e. The monoisotopic (exact) mass is 391 g/mol. The highest BCUT2D eigenvalue weighted by molar-refractivity contribution is 5.79. The van der Waals surface area contributed by atoms with Crippen molar-refractivity contribution in [3.8, 4) is 5.75 Å². The van der Waals surface area contributed by atoms with E-state index in [1.807, 2.05) is 19.2 Å². The lowest BCUT2D eigenvalue weighted by atomic mass is 10.1. The zero-order valence-electron chi connectivity index (χ0n) is 19.1. The second kappa shape index (κ2) is 12.6. The first-order valence-corrected chi connectivity index (χ1v) is 10.3. The normalized spacial score (nSPS) is 13.5. The third kappa shape index (κ3) is 8.07. The molecule has 28 heavy (non-hydrogen) atoms. The van der Waals surface area contributed by atoms with Crippen molar-refractivity contribution in [1.82, 2.24) is 20.4 Å². The van der Waals surface area contributed by atoms with Crippen LogP contribution in [0.1, 0.15) is 45.7 Å². The topological polar surface area (TPSA) is 52.1 Å². The molecule has 0 saturated heterocycles. The zero-order valence-corrected chi connectivity index (χ0v) is 19.1.